The number of aromatic nitrogens is 3. The Bertz CT molecular complexity index is 971. The highest BCUT2D eigenvalue weighted by Gasteiger charge is 2.23. The second kappa shape index (κ2) is 11.8. The average Bonchev–Trinajstić information content (AvgIpc) is 3.38. The molecule has 0 aliphatic carbocycles. The molecule has 0 saturated carbocycles. The predicted octanol–water partition coefficient (Wildman–Crippen LogP) is 3.21. The van der Waals surface area contributed by atoms with Crippen molar-refractivity contribution in [2.24, 2.45) is 4.99 Å². The molecule has 0 bridgehead atoms. The smallest absolute Gasteiger partial charge is 0.222 e. The molecule has 1 atom stereocenters. The number of aliphatic imine (C=N–C) groups is 1. The van der Waals surface area contributed by atoms with Gasteiger partial charge in [-0.3, -0.25) is 4.79 Å². The van der Waals surface area contributed by atoms with Crippen molar-refractivity contribution in [3.05, 3.63) is 47.0 Å². The summed E-state index contributed by atoms with van der Waals surface area (Å²) in [6.45, 7) is 10.1. The lowest BCUT2D eigenvalue weighted by Crippen LogP contribution is -2.47. The molecule has 1 saturated heterocycles. The van der Waals surface area contributed by atoms with Gasteiger partial charge in [-0.2, -0.15) is 5.10 Å². The van der Waals surface area contributed by atoms with Gasteiger partial charge in [0.2, 0.25) is 5.91 Å². The van der Waals surface area contributed by atoms with E-state index in [1.165, 1.54) is 0 Å². The van der Waals surface area contributed by atoms with E-state index in [2.05, 4.69) is 65.8 Å². The molecule has 180 valence electrons. The SMILES string of the molecule is CCNC(=NCc1cccc(CN2CCCC2=O)c1)NC1CCc2nc(C(C)C)nn2C1.I. The van der Waals surface area contributed by atoms with Crippen LogP contribution in [0.15, 0.2) is 29.3 Å². The predicted molar refractivity (Wildman–Crippen MR) is 141 cm³/mol. The zero-order valence-corrected chi connectivity index (χ0v) is 22.2. The minimum Gasteiger partial charge on any atom is -0.357 e. The van der Waals surface area contributed by atoms with E-state index in [-0.39, 0.29) is 35.9 Å². The Morgan fingerprint density at radius 1 is 1.27 bits per heavy atom. The molecule has 1 aromatic carbocycles. The monoisotopic (exact) mass is 565 g/mol. The van der Waals surface area contributed by atoms with Gasteiger partial charge in [0.05, 0.1) is 13.1 Å². The number of carbonyl (C=O) groups is 1. The first kappa shape index (κ1) is 25.5. The molecule has 1 aromatic heterocycles. The molecule has 2 aliphatic rings. The molecule has 2 N–H and O–H groups in total. The van der Waals surface area contributed by atoms with Crippen LogP contribution in [0.4, 0.5) is 0 Å². The fourth-order valence-electron chi connectivity index (χ4n) is 4.29. The van der Waals surface area contributed by atoms with Crippen LogP contribution < -0.4 is 10.6 Å². The molecule has 33 heavy (non-hydrogen) atoms. The van der Waals surface area contributed by atoms with Crippen molar-refractivity contribution in [3.8, 4) is 0 Å². The summed E-state index contributed by atoms with van der Waals surface area (Å²) in [7, 11) is 0. The van der Waals surface area contributed by atoms with Crippen LogP contribution in [0.1, 0.15) is 68.7 Å². The Morgan fingerprint density at radius 3 is 2.82 bits per heavy atom. The van der Waals surface area contributed by atoms with Crippen molar-refractivity contribution in [3.63, 3.8) is 0 Å². The summed E-state index contributed by atoms with van der Waals surface area (Å²) in [5.74, 6) is 3.44. The standard InChI is InChI=1S/C24H35N7O.HI/c1-4-25-24(27-20-10-11-21-28-23(17(2)3)29-31(21)16-20)26-14-18-7-5-8-19(13-18)15-30-12-6-9-22(30)32;/h5,7-8,13,17,20H,4,6,9-12,14-16H2,1-3H3,(H2,25,26,27);1H. The Kier molecular flexibility index (Phi) is 9.10. The van der Waals surface area contributed by atoms with Crippen molar-refractivity contribution in [2.75, 3.05) is 13.1 Å². The summed E-state index contributed by atoms with van der Waals surface area (Å²) in [5, 5.41) is 11.6. The largest absolute Gasteiger partial charge is 0.357 e. The summed E-state index contributed by atoms with van der Waals surface area (Å²) in [6.07, 6.45) is 3.59. The third kappa shape index (κ3) is 6.68. The second-order valence-corrected chi connectivity index (χ2v) is 9.04. The number of amides is 1. The first-order chi connectivity index (χ1) is 15.5. The summed E-state index contributed by atoms with van der Waals surface area (Å²) >= 11 is 0. The Balaban J connectivity index is 0.00000306. The van der Waals surface area contributed by atoms with E-state index < -0.39 is 0 Å². The highest BCUT2D eigenvalue weighted by atomic mass is 127. The number of halogens is 1. The van der Waals surface area contributed by atoms with Gasteiger partial charge in [-0.05, 0) is 30.9 Å². The highest BCUT2D eigenvalue weighted by Crippen LogP contribution is 2.18. The van der Waals surface area contributed by atoms with Crippen LogP contribution in [0.2, 0.25) is 0 Å². The zero-order chi connectivity index (χ0) is 22.5. The van der Waals surface area contributed by atoms with Gasteiger partial charge in [-0.1, -0.05) is 38.1 Å². The first-order valence-electron chi connectivity index (χ1n) is 11.9. The van der Waals surface area contributed by atoms with Crippen molar-refractivity contribution >= 4 is 35.8 Å². The lowest BCUT2D eigenvalue weighted by Gasteiger charge is -2.25. The van der Waals surface area contributed by atoms with E-state index >= 15 is 0 Å². The summed E-state index contributed by atoms with van der Waals surface area (Å²) in [4.78, 5) is 23.4. The van der Waals surface area contributed by atoms with E-state index in [0.29, 0.717) is 25.4 Å². The number of rotatable bonds is 7. The lowest BCUT2D eigenvalue weighted by molar-refractivity contribution is -0.128. The molecule has 1 fully saturated rings. The van der Waals surface area contributed by atoms with Gasteiger partial charge in [0, 0.05) is 44.4 Å². The van der Waals surface area contributed by atoms with Gasteiger partial charge in [0.25, 0.3) is 0 Å². The van der Waals surface area contributed by atoms with Crippen LogP contribution in [0.3, 0.4) is 0 Å². The molecular formula is C24H36IN7O. The Morgan fingerprint density at radius 2 is 2.09 bits per heavy atom. The maximum absolute atomic E-state index is 11.9. The van der Waals surface area contributed by atoms with Crippen LogP contribution >= 0.6 is 24.0 Å². The molecule has 1 unspecified atom stereocenters. The van der Waals surface area contributed by atoms with Gasteiger partial charge < -0.3 is 15.5 Å². The average molecular weight is 566 g/mol. The van der Waals surface area contributed by atoms with Crippen LogP contribution in [0.25, 0.3) is 0 Å². The number of aryl methyl sites for hydroxylation is 1. The van der Waals surface area contributed by atoms with Crippen molar-refractivity contribution in [1.82, 2.24) is 30.3 Å². The minimum atomic E-state index is 0. The molecular weight excluding hydrogens is 529 g/mol. The van der Waals surface area contributed by atoms with E-state index in [1.54, 1.807) is 0 Å². The topological polar surface area (TPSA) is 87.4 Å². The molecule has 1 amide bonds. The molecule has 2 aliphatic heterocycles. The Labute approximate surface area is 213 Å². The molecule has 3 heterocycles. The molecule has 0 radical (unpaired) electrons. The number of nitrogens with zero attached hydrogens (tertiary/aromatic N) is 5. The van der Waals surface area contributed by atoms with Gasteiger partial charge in [-0.15, -0.1) is 24.0 Å². The first-order valence-corrected chi connectivity index (χ1v) is 11.9. The third-order valence-electron chi connectivity index (χ3n) is 6.03. The third-order valence-corrected chi connectivity index (χ3v) is 6.03. The number of guanidine groups is 1. The fraction of sp³-hybridized carbons (Fsp3) is 0.583. The molecule has 4 rings (SSSR count). The van der Waals surface area contributed by atoms with Crippen molar-refractivity contribution in [1.29, 1.82) is 0 Å². The number of hydrogen-bond acceptors (Lipinski definition) is 4. The quantitative estimate of drug-likeness (QED) is 0.306. The van der Waals surface area contributed by atoms with Gasteiger partial charge in [-0.25, -0.2) is 14.7 Å². The van der Waals surface area contributed by atoms with Crippen LogP contribution in [-0.2, 0) is 30.8 Å². The number of carbonyl (C=O) groups excluding carboxylic acids is 1. The van der Waals surface area contributed by atoms with E-state index in [1.807, 2.05) is 9.58 Å². The Hall–Kier alpha value is -2.17. The number of nitrogens with one attached hydrogen (secondary N) is 2. The number of benzene rings is 1. The minimum absolute atomic E-state index is 0. The number of hydrogen-bond donors (Lipinski definition) is 2. The highest BCUT2D eigenvalue weighted by molar-refractivity contribution is 14.0. The zero-order valence-electron chi connectivity index (χ0n) is 19.9. The molecule has 2 aromatic rings. The molecule has 0 spiro atoms. The van der Waals surface area contributed by atoms with Crippen LogP contribution in [0.5, 0.6) is 0 Å². The fourth-order valence-corrected chi connectivity index (χ4v) is 4.29. The van der Waals surface area contributed by atoms with Gasteiger partial charge in [0.1, 0.15) is 5.82 Å². The van der Waals surface area contributed by atoms with E-state index in [0.717, 1.165) is 67.6 Å². The maximum Gasteiger partial charge on any atom is 0.222 e. The molecule has 9 heteroatoms. The normalized spacial score (nSPS) is 18.3. The summed E-state index contributed by atoms with van der Waals surface area (Å²) in [5.41, 5.74) is 2.31. The second-order valence-electron chi connectivity index (χ2n) is 9.04. The maximum atomic E-state index is 11.9. The van der Waals surface area contributed by atoms with Crippen molar-refractivity contribution in [2.45, 2.75) is 78.0 Å². The number of likely N-dealkylation sites (tertiary alicyclic amines) is 1. The number of fused-ring (bicyclic) bond motifs is 1. The summed E-state index contributed by atoms with van der Waals surface area (Å²) < 4.78 is 2.04. The van der Waals surface area contributed by atoms with Crippen molar-refractivity contribution < 1.29 is 4.79 Å². The van der Waals surface area contributed by atoms with Gasteiger partial charge in [0.15, 0.2) is 11.8 Å². The van der Waals surface area contributed by atoms with E-state index in [4.69, 9.17) is 4.99 Å². The summed E-state index contributed by atoms with van der Waals surface area (Å²) in [6, 6.07) is 8.67. The van der Waals surface area contributed by atoms with Crippen LogP contribution in [-0.4, -0.2) is 50.7 Å². The van der Waals surface area contributed by atoms with E-state index in [9.17, 15) is 4.79 Å². The molecule has 8 nitrogen and oxygen atoms in total. The van der Waals surface area contributed by atoms with Gasteiger partial charge >= 0.3 is 0 Å². The lowest BCUT2D eigenvalue weighted by atomic mass is 10.1. The van der Waals surface area contributed by atoms with Crippen LogP contribution in [0, 0.1) is 0 Å².